The van der Waals surface area contributed by atoms with Gasteiger partial charge in [0.15, 0.2) is 0 Å². The number of nitrogens with two attached hydrogens (primary N) is 1. The van der Waals surface area contributed by atoms with Gasteiger partial charge in [-0.15, -0.1) is 0 Å². The van der Waals surface area contributed by atoms with Gasteiger partial charge < -0.3 is 20.9 Å². The molecule has 2 rings (SSSR count). The van der Waals surface area contributed by atoms with Gasteiger partial charge in [-0.2, -0.15) is 0 Å². The second-order valence-electron chi connectivity index (χ2n) is 7.14. The Bertz CT molecular complexity index is 587. The summed E-state index contributed by atoms with van der Waals surface area (Å²) in [5.41, 5.74) is 7.81. The summed E-state index contributed by atoms with van der Waals surface area (Å²) >= 11 is 0. The molecule has 6 heteroatoms. The summed E-state index contributed by atoms with van der Waals surface area (Å²) in [6.45, 7) is 9.58. The minimum atomic E-state index is -0.548. The first-order chi connectivity index (χ1) is 11.8. The van der Waals surface area contributed by atoms with Crippen LogP contribution in [-0.4, -0.2) is 50.1 Å². The molecule has 1 aliphatic rings. The fraction of sp³-hybridized carbons (Fsp3) is 0.632. The molecule has 1 aromatic rings. The third kappa shape index (κ3) is 4.92. The first-order valence-electron chi connectivity index (χ1n) is 9.12. The zero-order valence-electron chi connectivity index (χ0n) is 15.8. The Morgan fingerprint density at radius 2 is 1.92 bits per heavy atom. The minimum Gasteiger partial charge on any atom is -0.369 e. The van der Waals surface area contributed by atoms with Crippen LogP contribution >= 0.6 is 0 Å². The van der Waals surface area contributed by atoms with E-state index in [9.17, 15) is 9.18 Å². The van der Waals surface area contributed by atoms with Crippen LogP contribution in [0.4, 0.5) is 10.1 Å². The van der Waals surface area contributed by atoms with E-state index in [0.717, 1.165) is 43.9 Å². The third-order valence-electron chi connectivity index (χ3n) is 5.22. The molecule has 0 aliphatic carbocycles. The fourth-order valence-corrected chi connectivity index (χ4v) is 3.11. The number of halogens is 1. The number of nitrogens with zero attached hydrogens (tertiary/aromatic N) is 2. The zero-order chi connectivity index (χ0) is 18.6. The Morgan fingerprint density at radius 1 is 1.28 bits per heavy atom. The third-order valence-corrected chi connectivity index (χ3v) is 5.22. The number of hydrogen-bond donors (Lipinski definition) is 2. The smallest absolute Gasteiger partial charge is 0.237 e. The Hall–Kier alpha value is -1.66. The molecule has 1 aromatic carbocycles. The Morgan fingerprint density at radius 3 is 2.52 bits per heavy atom. The lowest BCUT2D eigenvalue weighted by atomic mass is 9.98. The summed E-state index contributed by atoms with van der Waals surface area (Å²) in [6.07, 6.45) is 0.843. The van der Waals surface area contributed by atoms with Crippen molar-refractivity contribution >= 4 is 11.6 Å². The van der Waals surface area contributed by atoms with Crippen LogP contribution in [0, 0.1) is 11.7 Å². The van der Waals surface area contributed by atoms with Crippen molar-refractivity contribution in [2.75, 3.05) is 38.1 Å². The van der Waals surface area contributed by atoms with Crippen molar-refractivity contribution < 1.29 is 9.18 Å². The predicted octanol–water partition coefficient (Wildman–Crippen LogP) is 2.13. The number of rotatable bonds is 6. The van der Waals surface area contributed by atoms with Gasteiger partial charge in [-0.3, -0.25) is 4.79 Å². The van der Waals surface area contributed by atoms with Crippen LogP contribution in [-0.2, 0) is 4.79 Å². The summed E-state index contributed by atoms with van der Waals surface area (Å²) in [7, 11) is 2.10. The number of amides is 1. The van der Waals surface area contributed by atoms with Crippen molar-refractivity contribution in [3.63, 3.8) is 0 Å². The van der Waals surface area contributed by atoms with E-state index in [4.69, 9.17) is 5.73 Å². The number of likely N-dealkylation sites (N-methyl/N-ethyl adjacent to an activating group) is 1. The second-order valence-corrected chi connectivity index (χ2v) is 7.14. The molecule has 1 heterocycles. The number of benzene rings is 1. The van der Waals surface area contributed by atoms with Crippen LogP contribution in [0.5, 0.6) is 0 Å². The summed E-state index contributed by atoms with van der Waals surface area (Å²) in [6, 6.07) is 3.97. The number of anilines is 1. The molecule has 0 bridgehead atoms. The second kappa shape index (κ2) is 8.63. The van der Waals surface area contributed by atoms with Gasteiger partial charge in [0, 0.05) is 37.4 Å². The standard InChI is InChI=1S/C19H31FN4O/c1-5-13(2)18(21)19(25)22-14(3)16-12-15(20)6-7-17(16)24-10-8-23(4)9-11-24/h6-7,12-14,18H,5,8-11,21H2,1-4H3,(H,22,25). The monoisotopic (exact) mass is 350 g/mol. The van der Waals surface area contributed by atoms with Crippen LogP contribution in [0.3, 0.4) is 0 Å². The van der Waals surface area contributed by atoms with Gasteiger partial charge >= 0.3 is 0 Å². The van der Waals surface area contributed by atoms with Crippen molar-refractivity contribution in [3.8, 4) is 0 Å². The maximum Gasteiger partial charge on any atom is 0.237 e. The molecule has 1 fully saturated rings. The molecule has 5 nitrogen and oxygen atoms in total. The Kier molecular flexibility index (Phi) is 6.79. The quantitative estimate of drug-likeness (QED) is 0.825. The highest BCUT2D eigenvalue weighted by atomic mass is 19.1. The first kappa shape index (κ1) is 19.7. The van der Waals surface area contributed by atoms with E-state index in [-0.39, 0.29) is 23.7 Å². The number of carbonyl (C=O) groups is 1. The molecule has 1 aliphatic heterocycles. The van der Waals surface area contributed by atoms with Crippen molar-refractivity contribution in [2.24, 2.45) is 11.7 Å². The number of nitrogens with one attached hydrogen (secondary N) is 1. The minimum absolute atomic E-state index is 0.108. The molecule has 3 atom stereocenters. The van der Waals surface area contributed by atoms with Crippen molar-refractivity contribution in [2.45, 2.75) is 39.3 Å². The molecule has 3 unspecified atom stereocenters. The number of piperazine rings is 1. The van der Waals surface area contributed by atoms with E-state index in [1.807, 2.05) is 26.8 Å². The number of hydrogen-bond acceptors (Lipinski definition) is 4. The van der Waals surface area contributed by atoms with Crippen LogP contribution in [0.25, 0.3) is 0 Å². The predicted molar refractivity (Wildman–Crippen MR) is 100 cm³/mol. The summed E-state index contributed by atoms with van der Waals surface area (Å²) in [4.78, 5) is 16.9. The summed E-state index contributed by atoms with van der Waals surface area (Å²) < 4.78 is 13.9. The highest BCUT2D eigenvalue weighted by Gasteiger charge is 2.24. The van der Waals surface area contributed by atoms with E-state index in [1.165, 1.54) is 12.1 Å². The van der Waals surface area contributed by atoms with Gasteiger partial charge in [-0.05, 0) is 38.1 Å². The van der Waals surface area contributed by atoms with Crippen LogP contribution in [0.2, 0.25) is 0 Å². The van der Waals surface area contributed by atoms with E-state index >= 15 is 0 Å². The van der Waals surface area contributed by atoms with Crippen LogP contribution < -0.4 is 16.0 Å². The van der Waals surface area contributed by atoms with Crippen molar-refractivity contribution in [3.05, 3.63) is 29.6 Å². The largest absolute Gasteiger partial charge is 0.369 e. The SMILES string of the molecule is CCC(C)C(N)C(=O)NC(C)c1cc(F)ccc1N1CCN(C)CC1. The average Bonchev–Trinajstić information content (AvgIpc) is 2.61. The van der Waals surface area contributed by atoms with Gasteiger partial charge in [0.2, 0.25) is 5.91 Å². The topological polar surface area (TPSA) is 61.6 Å². The zero-order valence-corrected chi connectivity index (χ0v) is 15.8. The van der Waals surface area contributed by atoms with E-state index < -0.39 is 6.04 Å². The highest BCUT2D eigenvalue weighted by molar-refractivity contribution is 5.82. The summed E-state index contributed by atoms with van der Waals surface area (Å²) in [5, 5.41) is 2.96. The highest BCUT2D eigenvalue weighted by Crippen LogP contribution is 2.28. The Balaban J connectivity index is 2.16. The molecule has 3 N–H and O–H groups in total. The molecule has 1 saturated heterocycles. The molecule has 0 spiro atoms. The lowest BCUT2D eigenvalue weighted by molar-refractivity contribution is -0.124. The molecular weight excluding hydrogens is 319 g/mol. The van der Waals surface area contributed by atoms with Gasteiger partial charge in [0.1, 0.15) is 5.82 Å². The molecule has 0 aromatic heterocycles. The molecular formula is C19H31FN4O. The molecule has 140 valence electrons. The van der Waals surface area contributed by atoms with Gasteiger partial charge in [0.25, 0.3) is 0 Å². The van der Waals surface area contributed by atoms with E-state index in [2.05, 4.69) is 22.2 Å². The van der Waals surface area contributed by atoms with Crippen molar-refractivity contribution in [1.82, 2.24) is 10.2 Å². The lowest BCUT2D eigenvalue weighted by Crippen LogP contribution is -2.46. The van der Waals surface area contributed by atoms with E-state index in [1.54, 1.807) is 0 Å². The van der Waals surface area contributed by atoms with Crippen LogP contribution in [0.15, 0.2) is 18.2 Å². The fourth-order valence-electron chi connectivity index (χ4n) is 3.11. The lowest BCUT2D eigenvalue weighted by Gasteiger charge is -2.36. The molecule has 1 amide bonds. The maximum atomic E-state index is 13.9. The van der Waals surface area contributed by atoms with Crippen molar-refractivity contribution in [1.29, 1.82) is 0 Å². The van der Waals surface area contributed by atoms with Gasteiger partial charge in [-0.1, -0.05) is 20.3 Å². The van der Waals surface area contributed by atoms with Crippen LogP contribution in [0.1, 0.15) is 38.8 Å². The van der Waals surface area contributed by atoms with E-state index in [0.29, 0.717) is 0 Å². The molecule has 25 heavy (non-hydrogen) atoms. The molecule has 0 saturated carbocycles. The number of carbonyl (C=O) groups excluding carboxylic acids is 1. The van der Waals surface area contributed by atoms with Gasteiger partial charge in [0.05, 0.1) is 12.1 Å². The average molecular weight is 350 g/mol. The molecule has 0 radical (unpaired) electrons. The normalized spacial score (nSPS) is 19.4. The Labute approximate surface area is 150 Å². The van der Waals surface area contributed by atoms with Gasteiger partial charge in [-0.25, -0.2) is 4.39 Å². The maximum absolute atomic E-state index is 13.9. The summed E-state index contributed by atoms with van der Waals surface area (Å²) in [5.74, 6) is -0.368. The first-order valence-corrected chi connectivity index (χ1v) is 9.12.